The monoisotopic (exact) mass is 278 g/mol. The summed E-state index contributed by atoms with van der Waals surface area (Å²) in [5, 5.41) is 2.71. The number of benzene rings is 1. The molecule has 0 saturated carbocycles. The summed E-state index contributed by atoms with van der Waals surface area (Å²) in [7, 11) is 0. The zero-order chi connectivity index (χ0) is 15.0. The summed E-state index contributed by atoms with van der Waals surface area (Å²) in [6, 6.07) is 7.03. The first-order valence-corrected chi connectivity index (χ1v) is 6.74. The van der Waals surface area contributed by atoms with Gasteiger partial charge in [-0.25, -0.2) is 0 Å². The Morgan fingerprint density at radius 2 is 2.10 bits per heavy atom. The maximum Gasteiger partial charge on any atom is 0.310 e. The van der Waals surface area contributed by atoms with Crippen LogP contribution in [0.2, 0.25) is 0 Å². The first-order chi connectivity index (χ1) is 9.47. The minimum atomic E-state index is -0.436. The van der Waals surface area contributed by atoms with Gasteiger partial charge in [0.25, 0.3) is 5.91 Å². The molecule has 0 unspecified atom stereocenters. The van der Waals surface area contributed by atoms with E-state index >= 15 is 0 Å². The number of ether oxygens (including phenoxy) is 1. The second kappa shape index (κ2) is 8.19. The van der Waals surface area contributed by atoms with Crippen LogP contribution in [0, 0.1) is 5.92 Å². The van der Waals surface area contributed by atoms with Crippen molar-refractivity contribution >= 4 is 17.6 Å². The Bertz CT molecular complexity index is 458. The molecule has 1 amide bonds. The lowest BCUT2D eigenvalue weighted by Crippen LogP contribution is -2.30. The summed E-state index contributed by atoms with van der Waals surface area (Å²) < 4.78 is 4.91. The second-order valence-electron chi connectivity index (χ2n) is 5.11. The van der Waals surface area contributed by atoms with Crippen molar-refractivity contribution in [3.8, 4) is 0 Å². The van der Waals surface area contributed by atoms with Gasteiger partial charge in [0.2, 0.25) is 0 Å². The normalized spacial score (nSPS) is 10.3. The van der Waals surface area contributed by atoms with E-state index in [9.17, 15) is 9.59 Å². The molecule has 0 fully saturated rings. The van der Waals surface area contributed by atoms with Crippen molar-refractivity contribution in [1.29, 1.82) is 0 Å². The lowest BCUT2D eigenvalue weighted by atomic mass is 10.1. The number of esters is 1. The molecule has 1 aromatic carbocycles. The Hall–Kier alpha value is -2.04. The Labute approximate surface area is 119 Å². The van der Waals surface area contributed by atoms with Crippen LogP contribution in [0.5, 0.6) is 0 Å². The highest BCUT2D eigenvalue weighted by Gasteiger charge is 2.08. The standard InChI is InChI=1S/C15H22N2O3/c1-11(2)6-7-17-14(18)10-20-15(19)9-12-4-3-5-13(16)8-12/h3-5,8,11H,6-7,9-10,16H2,1-2H3,(H,17,18). The van der Waals surface area contributed by atoms with Crippen molar-refractivity contribution in [2.45, 2.75) is 26.7 Å². The number of amides is 1. The van der Waals surface area contributed by atoms with Crippen molar-refractivity contribution in [2.75, 3.05) is 18.9 Å². The summed E-state index contributed by atoms with van der Waals surface area (Å²) in [5.74, 6) is -0.178. The van der Waals surface area contributed by atoms with E-state index in [4.69, 9.17) is 10.5 Å². The molecule has 0 aliphatic heterocycles. The van der Waals surface area contributed by atoms with Crippen LogP contribution in [-0.2, 0) is 20.7 Å². The third kappa shape index (κ3) is 6.78. The SMILES string of the molecule is CC(C)CCNC(=O)COC(=O)Cc1cccc(N)c1. The molecule has 0 aliphatic carbocycles. The lowest BCUT2D eigenvalue weighted by Gasteiger charge is -2.08. The quantitative estimate of drug-likeness (QED) is 0.585. The third-order valence-corrected chi connectivity index (χ3v) is 2.71. The average molecular weight is 278 g/mol. The predicted molar refractivity (Wildman–Crippen MR) is 78.0 cm³/mol. The Kier molecular flexibility index (Phi) is 6.56. The van der Waals surface area contributed by atoms with Gasteiger partial charge >= 0.3 is 5.97 Å². The van der Waals surface area contributed by atoms with E-state index in [2.05, 4.69) is 19.2 Å². The predicted octanol–water partition coefficient (Wildman–Crippen LogP) is 1.52. The van der Waals surface area contributed by atoms with Crippen LogP contribution in [0.4, 0.5) is 5.69 Å². The van der Waals surface area contributed by atoms with E-state index in [0.29, 0.717) is 18.2 Å². The van der Waals surface area contributed by atoms with Gasteiger partial charge in [0.05, 0.1) is 6.42 Å². The van der Waals surface area contributed by atoms with Gasteiger partial charge in [-0.15, -0.1) is 0 Å². The lowest BCUT2D eigenvalue weighted by molar-refractivity contribution is -0.147. The Morgan fingerprint density at radius 1 is 1.35 bits per heavy atom. The number of carbonyl (C=O) groups is 2. The fraction of sp³-hybridized carbons (Fsp3) is 0.467. The van der Waals surface area contributed by atoms with Crippen LogP contribution in [-0.4, -0.2) is 25.0 Å². The number of nitrogen functional groups attached to an aromatic ring is 1. The summed E-state index contributed by atoms with van der Waals surface area (Å²) in [6.45, 7) is 4.53. The molecular weight excluding hydrogens is 256 g/mol. The Morgan fingerprint density at radius 3 is 2.75 bits per heavy atom. The van der Waals surface area contributed by atoms with E-state index in [0.717, 1.165) is 12.0 Å². The highest BCUT2D eigenvalue weighted by Crippen LogP contribution is 2.07. The van der Waals surface area contributed by atoms with Crippen molar-refractivity contribution in [3.63, 3.8) is 0 Å². The molecule has 0 atom stereocenters. The van der Waals surface area contributed by atoms with Gasteiger partial charge in [0.15, 0.2) is 6.61 Å². The molecule has 0 heterocycles. The number of nitrogens with one attached hydrogen (secondary N) is 1. The third-order valence-electron chi connectivity index (χ3n) is 2.71. The van der Waals surface area contributed by atoms with Crippen LogP contribution in [0.25, 0.3) is 0 Å². The van der Waals surface area contributed by atoms with E-state index in [1.54, 1.807) is 24.3 Å². The van der Waals surface area contributed by atoms with Crippen molar-refractivity contribution in [2.24, 2.45) is 5.92 Å². The highest BCUT2D eigenvalue weighted by molar-refractivity contribution is 5.81. The number of hydrogen-bond donors (Lipinski definition) is 2. The minimum Gasteiger partial charge on any atom is -0.455 e. The van der Waals surface area contributed by atoms with Gasteiger partial charge in [0.1, 0.15) is 0 Å². The van der Waals surface area contributed by atoms with Crippen LogP contribution >= 0.6 is 0 Å². The highest BCUT2D eigenvalue weighted by atomic mass is 16.5. The molecule has 0 bridgehead atoms. The molecule has 1 rings (SSSR count). The first kappa shape index (κ1) is 16.0. The first-order valence-electron chi connectivity index (χ1n) is 6.74. The van der Waals surface area contributed by atoms with E-state index < -0.39 is 5.97 Å². The number of nitrogens with two attached hydrogens (primary N) is 1. The van der Waals surface area contributed by atoms with Crippen LogP contribution in [0.3, 0.4) is 0 Å². The van der Waals surface area contributed by atoms with Crippen LogP contribution in [0.15, 0.2) is 24.3 Å². The maximum absolute atomic E-state index is 11.6. The number of rotatable bonds is 7. The van der Waals surface area contributed by atoms with Crippen molar-refractivity contribution < 1.29 is 14.3 Å². The second-order valence-corrected chi connectivity index (χ2v) is 5.11. The van der Waals surface area contributed by atoms with Gasteiger partial charge in [-0.1, -0.05) is 26.0 Å². The van der Waals surface area contributed by atoms with Crippen molar-refractivity contribution in [1.82, 2.24) is 5.32 Å². The van der Waals surface area contributed by atoms with Gasteiger partial charge in [-0.05, 0) is 30.0 Å². The minimum absolute atomic E-state index is 0.115. The molecule has 0 saturated heterocycles. The topological polar surface area (TPSA) is 81.4 Å². The van der Waals surface area contributed by atoms with Gasteiger partial charge < -0.3 is 15.8 Å². The number of anilines is 1. The van der Waals surface area contributed by atoms with Gasteiger partial charge in [0, 0.05) is 12.2 Å². The molecule has 3 N–H and O–H groups in total. The fourth-order valence-corrected chi connectivity index (χ4v) is 1.62. The van der Waals surface area contributed by atoms with Gasteiger partial charge in [-0.2, -0.15) is 0 Å². The molecule has 5 heteroatoms. The largest absolute Gasteiger partial charge is 0.455 e. The molecule has 5 nitrogen and oxygen atoms in total. The molecule has 1 aromatic rings. The summed E-state index contributed by atoms with van der Waals surface area (Å²) >= 11 is 0. The summed E-state index contributed by atoms with van der Waals surface area (Å²) in [5.41, 5.74) is 6.99. The summed E-state index contributed by atoms with van der Waals surface area (Å²) in [4.78, 5) is 23.0. The molecule has 0 spiro atoms. The number of carbonyl (C=O) groups excluding carboxylic acids is 2. The van der Waals surface area contributed by atoms with E-state index in [1.807, 2.05) is 0 Å². The number of hydrogen-bond acceptors (Lipinski definition) is 4. The zero-order valence-electron chi connectivity index (χ0n) is 12.0. The zero-order valence-corrected chi connectivity index (χ0v) is 12.0. The smallest absolute Gasteiger partial charge is 0.310 e. The molecule has 0 radical (unpaired) electrons. The van der Waals surface area contributed by atoms with Crippen LogP contribution < -0.4 is 11.1 Å². The molecular formula is C15H22N2O3. The fourth-order valence-electron chi connectivity index (χ4n) is 1.62. The average Bonchev–Trinajstić information content (AvgIpc) is 2.36. The van der Waals surface area contributed by atoms with Crippen LogP contribution in [0.1, 0.15) is 25.8 Å². The van der Waals surface area contributed by atoms with E-state index in [-0.39, 0.29) is 18.9 Å². The maximum atomic E-state index is 11.6. The van der Waals surface area contributed by atoms with Gasteiger partial charge in [-0.3, -0.25) is 9.59 Å². The Balaban J connectivity index is 2.24. The molecule has 0 aromatic heterocycles. The van der Waals surface area contributed by atoms with E-state index in [1.165, 1.54) is 0 Å². The molecule has 20 heavy (non-hydrogen) atoms. The molecule has 0 aliphatic rings. The molecule has 110 valence electrons. The summed E-state index contributed by atoms with van der Waals surface area (Å²) in [6.07, 6.45) is 1.02. The van der Waals surface area contributed by atoms with Crippen molar-refractivity contribution in [3.05, 3.63) is 29.8 Å².